The Kier molecular flexibility index (Phi) is 6.78. The van der Waals surface area contributed by atoms with Gasteiger partial charge in [0.25, 0.3) is 0 Å². The number of anilines is 1. The lowest BCUT2D eigenvalue weighted by atomic mass is 10.0. The van der Waals surface area contributed by atoms with Crippen molar-refractivity contribution in [2.24, 2.45) is 5.92 Å². The number of carbonyl (C=O) groups is 1. The zero-order chi connectivity index (χ0) is 14.3. The van der Waals surface area contributed by atoms with Crippen molar-refractivity contribution in [1.82, 2.24) is 5.32 Å². The van der Waals surface area contributed by atoms with Crippen molar-refractivity contribution >= 4 is 23.4 Å². The highest BCUT2D eigenvalue weighted by atomic mass is 32.2. The number of nitrogens with two attached hydrogens (primary N) is 1. The summed E-state index contributed by atoms with van der Waals surface area (Å²) in [7, 11) is 0. The topological polar surface area (TPSA) is 55.1 Å². The van der Waals surface area contributed by atoms with E-state index in [1.165, 1.54) is 11.8 Å². The average Bonchev–Trinajstić information content (AvgIpc) is 2.34. The van der Waals surface area contributed by atoms with Crippen molar-refractivity contribution < 1.29 is 4.79 Å². The van der Waals surface area contributed by atoms with Gasteiger partial charge in [-0.2, -0.15) is 0 Å². The molecule has 106 valence electrons. The molecule has 0 fully saturated rings. The molecule has 0 saturated carbocycles. The second kappa shape index (κ2) is 8.10. The first-order valence-electron chi connectivity index (χ1n) is 6.75. The zero-order valence-corrected chi connectivity index (χ0v) is 12.8. The van der Waals surface area contributed by atoms with Crippen LogP contribution in [0.15, 0.2) is 29.2 Å². The third kappa shape index (κ3) is 7.11. The van der Waals surface area contributed by atoms with Gasteiger partial charge in [-0.3, -0.25) is 4.79 Å². The molecule has 1 unspecified atom stereocenters. The molecule has 0 aromatic heterocycles. The minimum atomic E-state index is 0.0867. The average molecular weight is 280 g/mol. The molecule has 0 aliphatic rings. The summed E-state index contributed by atoms with van der Waals surface area (Å²) in [5.74, 6) is 1.21. The summed E-state index contributed by atoms with van der Waals surface area (Å²) in [5, 5.41) is 3.03. The third-order valence-electron chi connectivity index (χ3n) is 2.81. The molecule has 0 heterocycles. The lowest BCUT2D eigenvalue weighted by molar-refractivity contribution is -0.119. The summed E-state index contributed by atoms with van der Waals surface area (Å²) in [6.07, 6.45) is 2.18. The van der Waals surface area contributed by atoms with Gasteiger partial charge in [0.15, 0.2) is 0 Å². The fourth-order valence-electron chi connectivity index (χ4n) is 1.73. The van der Waals surface area contributed by atoms with E-state index in [2.05, 4.69) is 26.1 Å². The molecule has 0 aliphatic carbocycles. The molecule has 0 bridgehead atoms. The molecular weight excluding hydrogens is 256 g/mol. The second-order valence-electron chi connectivity index (χ2n) is 5.30. The van der Waals surface area contributed by atoms with Crippen molar-refractivity contribution in [2.45, 2.75) is 44.6 Å². The fraction of sp³-hybridized carbons (Fsp3) is 0.533. The summed E-state index contributed by atoms with van der Waals surface area (Å²) in [6, 6.07) is 7.85. The molecule has 1 aromatic rings. The van der Waals surface area contributed by atoms with Gasteiger partial charge in [-0.1, -0.05) is 19.9 Å². The minimum Gasteiger partial charge on any atom is -0.399 e. The minimum absolute atomic E-state index is 0.0867. The molecule has 1 amide bonds. The van der Waals surface area contributed by atoms with Crippen LogP contribution in [0.2, 0.25) is 0 Å². The maximum atomic E-state index is 11.8. The van der Waals surface area contributed by atoms with E-state index in [0.717, 1.165) is 23.4 Å². The molecule has 0 saturated heterocycles. The molecule has 4 heteroatoms. The number of carbonyl (C=O) groups excluding carboxylic acids is 1. The largest absolute Gasteiger partial charge is 0.399 e. The highest BCUT2D eigenvalue weighted by molar-refractivity contribution is 8.00. The van der Waals surface area contributed by atoms with Crippen LogP contribution in [0.25, 0.3) is 0 Å². The Hall–Kier alpha value is -1.16. The molecule has 1 rings (SSSR count). The van der Waals surface area contributed by atoms with Crippen LogP contribution >= 0.6 is 11.8 Å². The monoisotopic (exact) mass is 280 g/mol. The van der Waals surface area contributed by atoms with Crippen LogP contribution in [0.1, 0.15) is 33.6 Å². The van der Waals surface area contributed by atoms with E-state index in [9.17, 15) is 4.79 Å². The van der Waals surface area contributed by atoms with Gasteiger partial charge in [0.1, 0.15) is 0 Å². The van der Waals surface area contributed by atoms with Gasteiger partial charge < -0.3 is 11.1 Å². The van der Waals surface area contributed by atoms with E-state index in [0.29, 0.717) is 11.7 Å². The second-order valence-corrected chi connectivity index (χ2v) is 6.35. The number of hydrogen-bond acceptors (Lipinski definition) is 3. The molecule has 0 aliphatic heterocycles. The zero-order valence-electron chi connectivity index (χ0n) is 12.0. The van der Waals surface area contributed by atoms with Crippen LogP contribution in [-0.4, -0.2) is 17.7 Å². The van der Waals surface area contributed by atoms with Crippen LogP contribution in [0.3, 0.4) is 0 Å². The molecule has 0 spiro atoms. The summed E-state index contributed by atoms with van der Waals surface area (Å²) in [6.45, 7) is 6.46. The normalized spacial score (nSPS) is 12.4. The van der Waals surface area contributed by atoms with Gasteiger partial charge >= 0.3 is 0 Å². The van der Waals surface area contributed by atoms with Gasteiger partial charge in [0.2, 0.25) is 5.91 Å². The van der Waals surface area contributed by atoms with Crippen molar-refractivity contribution in [3.8, 4) is 0 Å². The van der Waals surface area contributed by atoms with Crippen molar-refractivity contribution in [3.63, 3.8) is 0 Å². The molecule has 1 atom stereocenters. The Bertz CT molecular complexity index is 407. The highest BCUT2D eigenvalue weighted by Crippen LogP contribution is 2.19. The van der Waals surface area contributed by atoms with Gasteiger partial charge in [-0.15, -0.1) is 11.8 Å². The summed E-state index contributed by atoms with van der Waals surface area (Å²) >= 11 is 1.52. The maximum absolute atomic E-state index is 11.8. The quantitative estimate of drug-likeness (QED) is 0.595. The highest BCUT2D eigenvalue weighted by Gasteiger charge is 2.08. The first-order valence-corrected chi connectivity index (χ1v) is 7.73. The van der Waals surface area contributed by atoms with Gasteiger partial charge in [-0.25, -0.2) is 0 Å². The van der Waals surface area contributed by atoms with E-state index in [4.69, 9.17) is 5.73 Å². The van der Waals surface area contributed by atoms with Crippen LogP contribution in [-0.2, 0) is 4.79 Å². The van der Waals surface area contributed by atoms with E-state index in [1.807, 2.05) is 24.3 Å². The molecular formula is C15H24N2OS. The van der Waals surface area contributed by atoms with E-state index >= 15 is 0 Å². The van der Waals surface area contributed by atoms with Crippen molar-refractivity contribution in [1.29, 1.82) is 0 Å². The number of amides is 1. The summed E-state index contributed by atoms with van der Waals surface area (Å²) in [5.41, 5.74) is 6.43. The summed E-state index contributed by atoms with van der Waals surface area (Å²) < 4.78 is 0. The van der Waals surface area contributed by atoms with E-state index in [1.54, 1.807) is 0 Å². The number of rotatable bonds is 7. The van der Waals surface area contributed by atoms with Crippen LogP contribution in [0.5, 0.6) is 0 Å². The number of thioether (sulfide) groups is 1. The van der Waals surface area contributed by atoms with E-state index < -0.39 is 0 Å². The number of benzene rings is 1. The van der Waals surface area contributed by atoms with Gasteiger partial charge in [0.05, 0.1) is 5.75 Å². The molecule has 1 aromatic carbocycles. The van der Waals surface area contributed by atoms with Crippen LogP contribution < -0.4 is 11.1 Å². The molecule has 0 radical (unpaired) electrons. The Morgan fingerprint density at radius 1 is 1.32 bits per heavy atom. The lowest BCUT2D eigenvalue weighted by Crippen LogP contribution is -2.34. The van der Waals surface area contributed by atoms with Crippen molar-refractivity contribution in [2.75, 3.05) is 11.5 Å². The third-order valence-corrected chi connectivity index (χ3v) is 3.81. The van der Waals surface area contributed by atoms with Crippen molar-refractivity contribution in [3.05, 3.63) is 24.3 Å². The number of nitrogens with one attached hydrogen (secondary N) is 1. The molecule has 3 N–H and O–H groups in total. The maximum Gasteiger partial charge on any atom is 0.230 e. The van der Waals surface area contributed by atoms with Gasteiger partial charge in [0, 0.05) is 16.6 Å². The SMILES string of the molecule is CC(C)CCC(C)NC(=O)CSc1cccc(N)c1. The Labute approximate surface area is 120 Å². The predicted molar refractivity (Wildman–Crippen MR) is 83.3 cm³/mol. The lowest BCUT2D eigenvalue weighted by Gasteiger charge is -2.15. The van der Waals surface area contributed by atoms with E-state index in [-0.39, 0.29) is 11.9 Å². The smallest absolute Gasteiger partial charge is 0.230 e. The Morgan fingerprint density at radius 3 is 2.68 bits per heavy atom. The van der Waals surface area contributed by atoms with Gasteiger partial charge in [-0.05, 0) is 43.9 Å². The fourth-order valence-corrected chi connectivity index (χ4v) is 2.50. The van der Waals surface area contributed by atoms with Crippen LogP contribution in [0, 0.1) is 5.92 Å². The Morgan fingerprint density at radius 2 is 2.05 bits per heavy atom. The Balaban J connectivity index is 2.27. The molecule has 3 nitrogen and oxygen atoms in total. The molecule has 19 heavy (non-hydrogen) atoms. The first kappa shape index (κ1) is 15.9. The number of hydrogen-bond donors (Lipinski definition) is 2. The number of nitrogen functional groups attached to an aromatic ring is 1. The predicted octanol–water partition coefficient (Wildman–Crippen LogP) is 3.30. The first-order chi connectivity index (χ1) is 8.97. The standard InChI is InChI=1S/C15H24N2OS/c1-11(2)7-8-12(3)17-15(18)10-19-14-6-4-5-13(16)9-14/h4-6,9,11-12H,7-8,10,16H2,1-3H3,(H,17,18). The summed E-state index contributed by atoms with van der Waals surface area (Å²) in [4.78, 5) is 12.8. The van der Waals surface area contributed by atoms with Crippen LogP contribution in [0.4, 0.5) is 5.69 Å².